The highest BCUT2D eigenvalue weighted by molar-refractivity contribution is 5.76. The van der Waals surface area contributed by atoms with Crippen LogP contribution in [0, 0.1) is 6.92 Å². The number of amides is 1. The number of alkyl halides is 3. The first-order valence-corrected chi connectivity index (χ1v) is 9.38. The lowest BCUT2D eigenvalue weighted by atomic mass is 10.2. The van der Waals surface area contributed by atoms with Gasteiger partial charge in [-0.25, -0.2) is 15.0 Å². The van der Waals surface area contributed by atoms with Gasteiger partial charge in [-0.3, -0.25) is 4.79 Å². The molecular formula is C20H21F3N6O3. The number of nitrogens with zero attached hydrogens (tertiary/aromatic N) is 4. The number of hydrogen-bond donors (Lipinski definition) is 2. The van der Waals surface area contributed by atoms with Crippen LogP contribution >= 0.6 is 0 Å². The topological polar surface area (TPSA) is 117 Å². The average Bonchev–Trinajstić information content (AvgIpc) is 3.12. The third-order valence-electron chi connectivity index (χ3n) is 4.13. The molecule has 0 aliphatic rings. The second-order valence-corrected chi connectivity index (χ2v) is 6.86. The van der Waals surface area contributed by atoms with Crippen molar-refractivity contribution in [2.75, 3.05) is 19.0 Å². The maximum atomic E-state index is 12.4. The molecule has 2 heterocycles. The molecular weight excluding hydrogens is 429 g/mol. The van der Waals surface area contributed by atoms with Crippen molar-refractivity contribution in [1.29, 1.82) is 0 Å². The number of imidazole rings is 1. The van der Waals surface area contributed by atoms with Crippen molar-refractivity contribution >= 4 is 17.5 Å². The molecule has 0 spiro atoms. The van der Waals surface area contributed by atoms with E-state index in [0.29, 0.717) is 11.4 Å². The van der Waals surface area contributed by atoms with Gasteiger partial charge in [-0.1, -0.05) is 0 Å². The molecule has 3 rings (SSSR count). The van der Waals surface area contributed by atoms with E-state index in [1.54, 1.807) is 29.1 Å². The number of primary amides is 1. The summed E-state index contributed by atoms with van der Waals surface area (Å²) in [6.07, 6.45) is -1.17. The molecule has 1 amide bonds. The standard InChI is InChI=1S/C20H21F3N6O3/c1-12-8-29(11-25-12)16-4-3-13(6-17(16)31-2)26-19-27-14(7-18(24)30)5-15(28-19)9-32-10-20(21,22)23/h3-6,8,11H,7,9-10H2,1-2H3,(H2,24,30)(H,26,27,28). The zero-order valence-corrected chi connectivity index (χ0v) is 17.3. The van der Waals surface area contributed by atoms with E-state index in [2.05, 4.69) is 25.0 Å². The number of benzene rings is 1. The van der Waals surface area contributed by atoms with Gasteiger partial charge in [-0.15, -0.1) is 0 Å². The van der Waals surface area contributed by atoms with E-state index >= 15 is 0 Å². The van der Waals surface area contributed by atoms with E-state index in [0.717, 1.165) is 11.4 Å². The monoisotopic (exact) mass is 450 g/mol. The molecule has 2 aromatic heterocycles. The highest BCUT2D eigenvalue weighted by Gasteiger charge is 2.27. The maximum Gasteiger partial charge on any atom is 0.411 e. The number of carbonyl (C=O) groups excluding carboxylic acids is 1. The fourth-order valence-corrected chi connectivity index (χ4v) is 2.87. The number of nitrogens with two attached hydrogens (primary N) is 1. The van der Waals surface area contributed by atoms with Gasteiger partial charge >= 0.3 is 6.18 Å². The predicted molar refractivity (Wildman–Crippen MR) is 109 cm³/mol. The van der Waals surface area contributed by atoms with Crippen molar-refractivity contribution in [2.24, 2.45) is 5.73 Å². The van der Waals surface area contributed by atoms with E-state index in [4.69, 9.17) is 10.5 Å². The highest BCUT2D eigenvalue weighted by Crippen LogP contribution is 2.28. The fourth-order valence-electron chi connectivity index (χ4n) is 2.87. The summed E-state index contributed by atoms with van der Waals surface area (Å²) in [6.45, 7) is 0.0351. The van der Waals surface area contributed by atoms with E-state index in [1.165, 1.54) is 13.2 Å². The second-order valence-electron chi connectivity index (χ2n) is 6.86. The third-order valence-corrected chi connectivity index (χ3v) is 4.13. The van der Waals surface area contributed by atoms with Crippen molar-refractivity contribution in [3.8, 4) is 11.4 Å². The Morgan fingerprint density at radius 1 is 1.22 bits per heavy atom. The van der Waals surface area contributed by atoms with Crippen LogP contribution in [0.15, 0.2) is 36.8 Å². The average molecular weight is 450 g/mol. The molecule has 9 nitrogen and oxygen atoms in total. The zero-order valence-electron chi connectivity index (χ0n) is 17.3. The number of ether oxygens (including phenoxy) is 2. The Morgan fingerprint density at radius 2 is 1.97 bits per heavy atom. The SMILES string of the molecule is COc1cc(Nc2nc(COCC(F)(F)F)cc(CC(N)=O)n2)ccc1-n1cnc(C)c1. The summed E-state index contributed by atoms with van der Waals surface area (Å²) in [4.78, 5) is 23.9. The molecule has 0 saturated heterocycles. The van der Waals surface area contributed by atoms with Crippen molar-refractivity contribution in [3.05, 3.63) is 53.9 Å². The third kappa shape index (κ3) is 6.41. The lowest BCUT2D eigenvalue weighted by Gasteiger charge is -2.13. The Balaban J connectivity index is 1.84. The van der Waals surface area contributed by atoms with Crippen LogP contribution in [0.1, 0.15) is 17.1 Å². The number of methoxy groups -OCH3 is 1. The smallest absolute Gasteiger partial charge is 0.411 e. The highest BCUT2D eigenvalue weighted by atomic mass is 19.4. The number of hydrogen-bond acceptors (Lipinski definition) is 7. The molecule has 0 radical (unpaired) electrons. The lowest BCUT2D eigenvalue weighted by molar-refractivity contribution is -0.176. The lowest BCUT2D eigenvalue weighted by Crippen LogP contribution is -2.18. The van der Waals surface area contributed by atoms with Crippen molar-refractivity contribution in [3.63, 3.8) is 0 Å². The van der Waals surface area contributed by atoms with Gasteiger partial charge in [0.2, 0.25) is 11.9 Å². The molecule has 3 N–H and O–H groups in total. The summed E-state index contributed by atoms with van der Waals surface area (Å²) in [7, 11) is 1.52. The number of nitrogens with one attached hydrogen (secondary N) is 1. The van der Waals surface area contributed by atoms with Gasteiger partial charge in [-0.2, -0.15) is 13.2 Å². The summed E-state index contributed by atoms with van der Waals surface area (Å²) in [5, 5.41) is 2.97. The normalized spacial score (nSPS) is 11.4. The van der Waals surface area contributed by atoms with Crippen molar-refractivity contribution in [1.82, 2.24) is 19.5 Å². The molecule has 0 saturated carbocycles. The number of carbonyl (C=O) groups is 1. The fraction of sp³-hybridized carbons (Fsp3) is 0.300. The molecule has 0 aliphatic heterocycles. The number of halogens is 3. The minimum absolute atomic E-state index is 0.0719. The molecule has 32 heavy (non-hydrogen) atoms. The van der Waals surface area contributed by atoms with Crippen LogP contribution < -0.4 is 15.8 Å². The van der Waals surface area contributed by atoms with E-state index < -0.39 is 25.3 Å². The quantitative estimate of drug-likeness (QED) is 0.515. The largest absolute Gasteiger partial charge is 0.494 e. The van der Waals surface area contributed by atoms with Gasteiger partial charge in [0.05, 0.1) is 49.2 Å². The summed E-state index contributed by atoms with van der Waals surface area (Å²) in [5.74, 6) is -0.0319. The Kier molecular flexibility index (Phi) is 6.93. The van der Waals surface area contributed by atoms with Crippen LogP contribution in [0.25, 0.3) is 5.69 Å². The molecule has 0 atom stereocenters. The minimum atomic E-state index is -4.46. The van der Waals surface area contributed by atoms with Gasteiger partial charge in [-0.05, 0) is 25.1 Å². The van der Waals surface area contributed by atoms with Gasteiger partial charge in [0, 0.05) is 18.0 Å². The van der Waals surface area contributed by atoms with Crippen LogP contribution in [0.3, 0.4) is 0 Å². The molecule has 0 fully saturated rings. The molecule has 0 unspecified atom stereocenters. The van der Waals surface area contributed by atoms with Crippen molar-refractivity contribution < 1.29 is 27.4 Å². The van der Waals surface area contributed by atoms with Crippen molar-refractivity contribution in [2.45, 2.75) is 26.1 Å². The van der Waals surface area contributed by atoms with E-state index in [-0.39, 0.29) is 23.8 Å². The number of anilines is 2. The Hall–Kier alpha value is -3.67. The summed E-state index contributed by atoms with van der Waals surface area (Å²) in [5.41, 5.74) is 7.79. The summed E-state index contributed by atoms with van der Waals surface area (Å²) in [6, 6.07) is 6.62. The van der Waals surface area contributed by atoms with E-state index in [1.807, 2.05) is 13.1 Å². The summed E-state index contributed by atoms with van der Waals surface area (Å²) >= 11 is 0. The number of rotatable bonds is 9. The maximum absolute atomic E-state index is 12.4. The molecule has 0 aliphatic carbocycles. The first-order chi connectivity index (χ1) is 15.1. The molecule has 12 heteroatoms. The molecule has 1 aromatic carbocycles. The zero-order chi connectivity index (χ0) is 23.3. The van der Waals surface area contributed by atoms with E-state index in [9.17, 15) is 18.0 Å². The second kappa shape index (κ2) is 9.64. The Labute approximate surface area is 181 Å². The number of aromatic nitrogens is 4. The van der Waals surface area contributed by atoms with Gasteiger partial charge < -0.3 is 25.1 Å². The number of aryl methyl sites for hydroxylation is 1. The van der Waals surface area contributed by atoms with Gasteiger partial charge in [0.25, 0.3) is 0 Å². The van der Waals surface area contributed by atoms with Crippen LogP contribution in [0.4, 0.5) is 24.8 Å². The van der Waals surface area contributed by atoms with Gasteiger partial charge in [0.15, 0.2) is 0 Å². The predicted octanol–water partition coefficient (Wildman–Crippen LogP) is 2.83. The van der Waals surface area contributed by atoms with Crippen LogP contribution in [-0.2, 0) is 22.6 Å². The van der Waals surface area contributed by atoms with Crippen LogP contribution in [-0.4, -0.2) is 45.3 Å². The minimum Gasteiger partial charge on any atom is -0.494 e. The molecule has 0 bridgehead atoms. The van der Waals surface area contributed by atoms with Crippen LogP contribution in [0.2, 0.25) is 0 Å². The first-order valence-electron chi connectivity index (χ1n) is 9.38. The Morgan fingerprint density at radius 3 is 2.59 bits per heavy atom. The first kappa shape index (κ1) is 23.0. The Bertz CT molecular complexity index is 1100. The molecule has 3 aromatic rings. The summed E-state index contributed by atoms with van der Waals surface area (Å²) < 4.78 is 49.0. The van der Waals surface area contributed by atoms with Crippen LogP contribution in [0.5, 0.6) is 5.75 Å². The molecule has 170 valence electrons. The van der Waals surface area contributed by atoms with Gasteiger partial charge in [0.1, 0.15) is 12.4 Å².